The first-order chi connectivity index (χ1) is 24.6. The molecule has 2 aliphatic heterocycles. The third kappa shape index (κ3) is 9.23. The number of carbonyl (C=O) groups is 5. The fraction of sp³-hybridized carbons (Fsp3) is 0.351. The Bertz CT molecular complexity index is 1850. The number of benzene rings is 3. The van der Waals surface area contributed by atoms with Crippen LogP contribution in [0.3, 0.4) is 0 Å². The van der Waals surface area contributed by atoms with Crippen molar-refractivity contribution in [1.29, 1.82) is 0 Å². The van der Waals surface area contributed by atoms with Gasteiger partial charge in [-0.1, -0.05) is 24.3 Å². The number of nitrogens with one attached hydrogen (secondary N) is 3. The van der Waals surface area contributed by atoms with Crippen LogP contribution in [0.1, 0.15) is 59.7 Å². The predicted octanol–water partition coefficient (Wildman–Crippen LogP) is 4.59. The van der Waals surface area contributed by atoms with Gasteiger partial charge in [0.25, 0.3) is 5.91 Å². The van der Waals surface area contributed by atoms with Crippen molar-refractivity contribution < 1.29 is 38.2 Å². The Balaban J connectivity index is 1.18. The van der Waals surface area contributed by atoms with E-state index in [9.17, 15) is 24.0 Å². The molecule has 0 spiro atoms. The summed E-state index contributed by atoms with van der Waals surface area (Å²) in [7, 11) is 2.80. The van der Waals surface area contributed by atoms with E-state index in [4.69, 9.17) is 21.1 Å². The van der Waals surface area contributed by atoms with Gasteiger partial charge in [0.15, 0.2) is 11.5 Å². The fourth-order valence-corrected chi connectivity index (χ4v) is 6.03. The molecule has 51 heavy (non-hydrogen) atoms. The number of anilines is 2. The van der Waals surface area contributed by atoms with Crippen LogP contribution in [-0.2, 0) is 42.8 Å². The number of alkyl halides is 1. The lowest BCUT2D eigenvalue weighted by atomic mass is 10.1. The minimum atomic E-state index is -0.912. The fourth-order valence-electron chi connectivity index (χ4n) is 5.88. The number of hydrogen-bond donors (Lipinski definition) is 3. The van der Waals surface area contributed by atoms with Crippen molar-refractivity contribution in [3.8, 4) is 11.5 Å². The standard InChI is InChI=1S/C37H40ClN5O8/c1-22(41-34(45)20-40-33(44)10-6-7-11-35(46)50-3)36(47)42-26-13-23(18-38)12-24(14-26)21-51-32-17-29-28(16-31(32)49-2)37(48)43-27(19-39-29)15-25-8-4-5-9-30(25)43/h4-5,8-9,12-14,16-17,19,22,27H,6-7,10-11,15,18,20-21H2,1-3H3,(H,40,44)(H,41,45)(H,42,47). The first-order valence-corrected chi connectivity index (χ1v) is 17.1. The number of hydrogen-bond acceptors (Lipinski definition) is 9. The van der Waals surface area contributed by atoms with Gasteiger partial charge in [-0.05, 0) is 60.7 Å². The lowest BCUT2D eigenvalue weighted by molar-refractivity contribution is -0.140. The van der Waals surface area contributed by atoms with Crippen molar-refractivity contribution >= 4 is 64.5 Å². The maximum absolute atomic E-state index is 13.7. The van der Waals surface area contributed by atoms with Gasteiger partial charge in [-0.3, -0.25) is 33.9 Å². The highest BCUT2D eigenvalue weighted by molar-refractivity contribution is 6.17. The van der Waals surface area contributed by atoms with Gasteiger partial charge < -0.3 is 30.2 Å². The summed E-state index contributed by atoms with van der Waals surface area (Å²) in [5.74, 6) is -0.938. The van der Waals surface area contributed by atoms with Crippen molar-refractivity contribution in [3.05, 3.63) is 76.9 Å². The van der Waals surface area contributed by atoms with E-state index in [0.717, 1.165) is 16.8 Å². The SMILES string of the molecule is COC(=O)CCCCC(=O)NCC(=O)NC(C)C(=O)Nc1cc(CCl)cc(COc2cc3c(cc2OC)C(=O)N2c4ccccc4CC2C=N3)c1. The average molecular weight is 718 g/mol. The van der Waals surface area contributed by atoms with Crippen molar-refractivity contribution in [1.82, 2.24) is 10.6 Å². The Hall–Kier alpha value is -5.43. The zero-order chi connectivity index (χ0) is 36.5. The number of nitrogens with zero attached hydrogens (tertiary/aromatic N) is 2. The van der Waals surface area contributed by atoms with E-state index in [1.807, 2.05) is 30.3 Å². The molecule has 3 aromatic carbocycles. The Morgan fingerprint density at radius 2 is 1.75 bits per heavy atom. The second-order valence-corrected chi connectivity index (χ2v) is 12.4. The lowest BCUT2D eigenvalue weighted by Gasteiger charge is -2.22. The molecule has 13 nitrogen and oxygen atoms in total. The third-order valence-electron chi connectivity index (χ3n) is 8.48. The highest BCUT2D eigenvalue weighted by Gasteiger charge is 2.36. The molecule has 3 aromatic rings. The molecule has 0 aliphatic carbocycles. The summed E-state index contributed by atoms with van der Waals surface area (Å²) in [6.45, 7) is 1.31. The number of rotatable bonds is 15. The average Bonchev–Trinajstić information content (AvgIpc) is 3.45. The molecule has 2 atom stereocenters. The van der Waals surface area contributed by atoms with Crippen LogP contribution in [0.5, 0.6) is 11.5 Å². The number of methoxy groups -OCH3 is 2. The molecule has 0 saturated carbocycles. The van der Waals surface area contributed by atoms with Crippen molar-refractivity contribution in [3.63, 3.8) is 0 Å². The summed E-state index contributed by atoms with van der Waals surface area (Å²) in [5, 5.41) is 7.87. The van der Waals surface area contributed by atoms with E-state index in [-0.39, 0.29) is 55.7 Å². The van der Waals surface area contributed by atoms with E-state index in [0.29, 0.717) is 53.3 Å². The lowest BCUT2D eigenvalue weighted by Crippen LogP contribution is -2.45. The van der Waals surface area contributed by atoms with Crippen molar-refractivity contribution in [2.75, 3.05) is 31.0 Å². The third-order valence-corrected chi connectivity index (χ3v) is 8.79. The number of esters is 1. The maximum atomic E-state index is 13.7. The van der Waals surface area contributed by atoms with E-state index >= 15 is 0 Å². The molecule has 5 rings (SSSR count). The van der Waals surface area contributed by atoms with Crippen LogP contribution >= 0.6 is 11.6 Å². The van der Waals surface area contributed by atoms with Crippen LogP contribution < -0.4 is 30.3 Å². The first kappa shape index (κ1) is 36.8. The van der Waals surface area contributed by atoms with E-state index < -0.39 is 17.9 Å². The summed E-state index contributed by atoms with van der Waals surface area (Å²) in [6.07, 6.45) is 3.82. The van der Waals surface area contributed by atoms with Gasteiger partial charge >= 0.3 is 5.97 Å². The number of aliphatic imine (C=N–C) groups is 1. The Morgan fingerprint density at radius 3 is 2.51 bits per heavy atom. The number of ether oxygens (including phenoxy) is 3. The van der Waals surface area contributed by atoms with Crippen LogP contribution in [0.15, 0.2) is 59.6 Å². The van der Waals surface area contributed by atoms with Crippen LogP contribution in [0, 0.1) is 0 Å². The van der Waals surface area contributed by atoms with Crippen LogP contribution in [0.4, 0.5) is 17.1 Å². The molecule has 0 saturated heterocycles. The molecule has 4 amide bonds. The molecular formula is C37H40ClN5O8. The maximum Gasteiger partial charge on any atom is 0.305 e. The topological polar surface area (TPSA) is 165 Å². The summed E-state index contributed by atoms with van der Waals surface area (Å²) >= 11 is 6.17. The molecule has 0 fully saturated rings. The Labute approximate surface area is 300 Å². The number of amides is 4. The summed E-state index contributed by atoms with van der Waals surface area (Å²) < 4.78 is 16.3. The largest absolute Gasteiger partial charge is 0.493 e. The number of halogens is 1. The van der Waals surface area contributed by atoms with Gasteiger partial charge in [0, 0.05) is 48.8 Å². The monoisotopic (exact) mass is 717 g/mol. The van der Waals surface area contributed by atoms with E-state index in [2.05, 4.69) is 25.7 Å². The molecule has 0 radical (unpaired) electrons. The molecule has 0 bridgehead atoms. The van der Waals surface area contributed by atoms with Crippen LogP contribution in [0.2, 0.25) is 0 Å². The Morgan fingerprint density at radius 1 is 0.980 bits per heavy atom. The number of fused-ring (bicyclic) bond motifs is 4. The second-order valence-electron chi connectivity index (χ2n) is 12.2. The van der Waals surface area contributed by atoms with Gasteiger partial charge in [-0.15, -0.1) is 11.6 Å². The van der Waals surface area contributed by atoms with Crippen molar-refractivity contribution in [2.45, 2.75) is 63.6 Å². The molecule has 2 unspecified atom stereocenters. The van der Waals surface area contributed by atoms with Gasteiger partial charge in [0.1, 0.15) is 12.6 Å². The highest BCUT2D eigenvalue weighted by atomic mass is 35.5. The summed E-state index contributed by atoms with van der Waals surface area (Å²) in [6, 6.07) is 15.3. The molecule has 2 heterocycles. The first-order valence-electron chi connectivity index (χ1n) is 16.5. The zero-order valence-electron chi connectivity index (χ0n) is 28.6. The van der Waals surface area contributed by atoms with Crippen LogP contribution in [-0.4, -0.2) is 68.7 Å². The zero-order valence-corrected chi connectivity index (χ0v) is 29.4. The predicted molar refractivity (Wildman–Crippen MR) is 192 cm³/mol. The molecule has 14 heteroatoms. The van der Waals surface area contributed by atoms with Gasteiger partial charge in [-0.2, -0.15) is 0 Å². The second kappa shape index (κ2) is 17.0. The number of unbranched alkanes of at least 4 members (excludes halogenated alkanes) is 1. The smallest absolute Gasteiger partial charge is 0.305 e. The molecule has 0 aromatic heterocycles. The highest BCUT2D eigenvalue weighted by Crippen LogP contribution is 2.41. The normalized spacial score (nSPS) is 14.7. The van der Waals surface area contributed by atoms with E-state index in [1.165, 1.54) is 21.1 Å². The van der Waals surface area contributed by atoms with Gasteiger partial charge in [-0.25, -0.2) is 0 Å². The molecular weight excluding hydrogens is 678 g/mol. The Kier molecular flexibility index (Phi) is 12.3. The molecule has 2 aliphatic rings. The molecule has 268 valence electrons. The number of para-hydroxylation sites is 1. The minimum Gasteiger partial charge on any atom is -0.493 e. The van der Waals surface area contributed by atoms with Crippen LogP contribution in [0.25, 0.3) is 0 Å². The van der Waals surface area contributed by atoms with E-state index in [1.54, 1.807) is 35.4 Å². The summed E-state index contributed by atoms with van der Waals surface area (Å²) in [5.41, 5.74) is 4.70. The van der Waals surface area contributed by atoms with Gasteiger partial charge in [0.2, 0.25) is 17.7 Å². The van der Waals surface area contributed by atoms with Gasteiger partial charge in [0.05, 0.1) is 38.1 Å². The quantitative estimate of drug-likeness (QED) is 0.117. The van der Waals surface area contributed by atoms with Crippen molar-refractivity contribution in [2.24, 2.45) is 4.99 Å². The molecule has 3 N–H and O–H groups in total. The minimum absolute atomic E-state index is 0.0806. The number of carbonyl (C=O) groups excluding carboxylic acids is 5. The summed E-state index contributed by atoms with van der Waals surface area (Å²) in [4.78, 5) is 68.7.